The van der Waals surface area contributed by atoms with E-state index in [2.05, 4.69) is 10.6 Å². The fourth-order valence-corrected chi connectivity index (χ4v) is 2.98. The van der Waals surface area contributed by atoms with Gasteiger partial charge in [0.15, 0.2) is 11.6 Å². The second kappa shape index (κ2) is 7.67. The molecule has 1 aliphatic heterocycles. The Hall–Kier alpha value is -3.80. The number of carbonyl (C=O) groups excluding carboxylic acids is 3. The summed E-state index contributed by atoms with van der Waals surface area (Å²) in [6, 6.07) is 10.6. The maximum absolute atomic E-state index is 13.6. The van der Waals surface area contributed by atoms with E-state index in [1.807, 2.05) is 6.07 Å². The Morgan fingerprint density at radius 2 is 1.86 bits per heavy atom. The third-order valence-electron chi connectivity index (χ3n) is 4.59. The van der Waals surface area contributed by atoms with Gasteiger partial charge in [-0.05, 0) is 42.3 Å². The predicted molar refractivity (Wildman–Crippen MR) is 98.3 cm³/mol. The third kappa shape index (κ3) is 3.91. The van der Waals surface area contributed by atoms with Gasteiger partial charge in [-0.15, -0.1) is 0 Å². The Morgan fingerprint density at radius 3 is 2.48 bits per heavy atom. The number of imide groups is 1. The predicted octanol–water partition coefficient (Wildman–Crippen LogP) is 2.44. The minimum atomic E-state index is -1.62. The molecule has 0 saturated carbocycles. The summed E-state index contributed by atoms with van der Waals surface area (Å²) in [5.41, 5.74) is -0.343. The van der Waals surface area contributed by atoms with E-state index < -0.39 is 41.6 Å². The van der Waals surface area contributed by atoms with Crippen LogP contribution in [-0.2, 0) is 21.5 Å². The van der Waals surface area contributed by atoms with Crippen molar-refractivity contribution < 1.29 is 23.2 Å². The van der Waals surface area contributed by atoms with Crippen molar-refractivity contribution in [2.24, 2.45) is 0 Å². The molecular weight excluding hydrogens is 382 g/mol. The molecule has 3 rings (SSSR count). The molecular formula is C20H16F2N4O3. The second-order valence-electron chi connectivity index (χ2n) is 6.66. The van der Waals surface area contributed by atoms with Crippen LogP contribution in [0.5, 0.6) is 0 Å². The molecule has 0 aromatic heterocycles. The summed E-state index contributed by atoms with van der Waals surface area (Å²) in [6.07, 6.45) is 0.235. The average Bonchev–Trinajstić information content (AvgIpc) is 2.90. The van der Waals surface area contributed by atoms with Gasteiger partial charge in [0.05, 0.1) is 12.5 Å². The largest absolute Gasteiger partial charge is 0.325 e. The van der Waals surface area contributed by atoms with E-state index in [9.17, 15) is 23.2 Å². The summed E-state index contributed by atoms with van der Waals surface area (Å²) < 4.78 is 26.7. The standard InChI is InChI=1S/C20H16F2N4O3/c1-20(13-4-7-15(21)16(22)10-13)18(28)26(19(29)25-20)11-17(27)24-14-5-2-12(3-6-14)8-9-23/h2-7,10H,8,11H2,1H3,(H,24,27)(H,25,29). The van der Waals surface area contributed by atoms with Gasteiger partial charge >= 0.3 is 6.03 Å². The first-order valence-corrected chi connectivity index (χ1v) is 8.60. The molecule has 0 bridgehead atoms. The molecule has 0 radical (unpaired) electrons. The molecule has 2 aromatic carbocycles. The zero-order valence-electron chi connectivity index (χ0n) is 15.3. The summed E-state index contributed by atoms with van der Waals surface area (Å²) in [7, 11) is 0. The van der Waals surface area contributed by atoms with Gasteiger partial charge in [-0.3, -0.25) is 14.5 Å². The quantitative estimate of drug-likeness (QED) is 0.755. The Morgan fingerprint density at radius 1 is 1.17 bits per heavy atom. The van der Waals surface area contributed by atoms with Crippen molar-refractivity contribution in [1.82, 2.24) is 10.2 Å². The maximum atomic E-state index is 13.6. The number of halogens is 2. The highest BCUT2D eigenvalue weighted by atomic mass is 19.2. The second-order valence-corrected chi connectivity index (χ2v) is 6.66. The highest BCUT2D eigenvalue weighted by Gasteiger charge is 2.49. The summed E-state index contributed by atoms with van der Waals surface area (Å²) in [6.45, 7) is 0.801. The van der Waals surface area contributed by atoms with Gasteiger partial charge < -0.3 is 10.6 Å². The molecule has 1 saturated heterocycles. The number of hydrogen-bond donors (Lipinski definition) is 2. The van der Waals surface area contributed by atoms with Crippen molar-refractivity contribution >= 4 is 23.5 Å². The smallest absolute Gasteiger partial charge is 0.325 e. The number of carbonyl (C=O) groups is 3. The van der Waals surface area contributed by atoms with E-state index in [0.717, 1.165) is 17.7 Å². The molecule has 1 aliphatic rings. The molecule has 2 N–H and O–H groups in total. The number of rotatable bonds is 5. The molecule has 9 heteroatoms. The lowest BCUT2D eigenvalue weighted by Crippen LogP contribution is -2.42. The van der Waals surface area contributed by atoms with Crippen molar-refractivity contribution in [2.45, 2.75) is 18.9 Å². The molecule has 1 unspecified atom stereocenters. The number of urea groups is 1. The summed E-state index contributed by atoms with van der Waals surface area (Å²) >= 11 is 0. The van der Waals surface area contributed by atoms with Crippen LogP contribution in [0.1, 0.15) is 18.1 Å². The van der Waals surface area contributed by atoms with Crippen LogP contribution in [0.3, 0.4) is 0 Å². The van der Waals surface area contributed by atoms with E-state index in [0.29, 0.717) is 10.6 Å². The van der Waals surface area contributed by atoms with Gasteiger partial charge in [0.25, 0.3) is 5.91 Å². The van der Waals surface area contributed by atoms with E-state index in [1.54, 1.807) is 24.3 Å². The summed E-state index contributed by atoms with van der Waals surface area (Å²) in [4.78, 5) is 38.0. The van der Waals surface area contributed by atoms with Gasteiger partial charge in [0.2, 0.25) is 5.91 Å². The molecule has 4 amide bonds. The molecule has 29 heavy (non-hydrogen) atoms. The minimum Gasteiger partial charge on any atom is -0.325 e. The molecule has 7 nitrogen and oxygen atoms in total. The van der Waals surface area contributed by atoms with Gasteiger partial charge in [0, 0.05) is 5.69 Å². The normalized spacial score (nSPS) is 18.3. The monoisotopic (exact) mass is 398 g/mol. The van der Waals surface area contributed by atoms with E-state index in [1.165, 1.54) is 13.0 Å². The lowest BCUT2D eigenvalue weighted by Gasteiger charge is -2.22. The zero-order valence-corrected chi connectivity index (χ0v) is 15.3. The van der Waals surface area contributed by atoms with Crippen molar-refractivity contribution in [1.29, 1.82) is 5.26 Å². The van der Waals surface area contributed by atoms with Crippen molar-refractivity contribution in [2.75, 3.05) is 11.9 Å². The van der Waals surface area contributed by atoms with Crippen LogP contribution in [0.25, 0.3) is 0 Å². The number of benzene rings is 2. The number of amides is 4. The first-order valence-electron chi connectivity index (χ1n) is 8.60. The molecule has 1 fully saturated rings. The Balaban J connectivity index is 1.71. The van der Waals surface area contributed by atoms with E-state index in [4.69, 9.17) is 5.26 Å². The molecule has 2 aromatic rings. The van der Waals surface area contributed by atoms with Crippen molar-refractivity contribution in [3.05, 3.63) is 65.2 Å². The highest BCUT2D eigenvalue weighted by molar-refractivity contribution is 6.10. The lowest BCUT2D eigenvalue weighted by molar-refractivity contribution is -0.133. The van der Waals surface area contributed by atoms with Gasteiger partial charge in [-0.1, -0.05) is 18.2 Å². The van der Waals surface area contributed by atoms with E-state index in [-0.39, 0.29) is 12.0 Å². The first-order chi connectivity index (χ1) is 13.7. The van der Waals surface area contributed by atoms with Crippen LogP contribution in [0, 0.1) is 23.0 Å². The molecule has 148 valence electrons. The van der Waals surface area contributed by atoms with Crippen molar-refractivity contribution in [3.8, 4) is 6.07 Å². The lowest BCUT2D eigenvalue weighted by atomic mass is 9.92. The third-order valence-corrected chi connectivity index (χ3v) is 4.59. The SMILES string of the molecule is CC1(c2ccc(F)c(F)c2)NC(=O)N(CC(=O)Nc2ccc(CC#N)cc2)C1=O. The minimum absolute atomic E-state index is 0.0609. The van der Waals surface area contributed by atoms with Crippen LogP contribution >= 0.6 is 0 Å². The van der Waals surface area contributed by atoms with Crippen LogP contribution < -0.4 is 10.6 Å². The highest BCUT2D eigenvalue weighted by Crippen LogP contribution is 2.29. The van der Waals surface area contributed by atoms with E-state index >= 15 is 0 Å². The Bertz CT molecular complexity index is 1030. The number of nitriles is 1. The average molecular weight is 398 g/mol. The molecule has 1 heterocycles. The van der Waals surface area contributed by atoms with Crippen LogP contribution in [0.15, 0.2) is 42.5 Å². The number of anilines is 1. The fourth-order valence-electron chi connectivity index (χ4n) is 2.98. The first kappa shape index (κ1) is 19.9. The summed E-state index contributed by atoms with van der Waals surface area (Å²) in [5, 5.41) is 13.6. The summed E-state index contributed by atoms with van der Waals surface area (Å²) in [5.74, 6) is -3.60. The van der Waals surface area contributed by atoms with Crippen LogP contribution in [-0.4, -0.2) is 29.3 Å². The van der Waals surface area contributed by atoms with Crippen molar-refractivity contribution in [3.63, 3.8) is 0 Å². The number of hydrogen-bond acceptors (Lipinski definition) is 4. The van der Waals surface area contributed by atoms with Gasteiger partial charge in [-0.25, -0.2) is 13.6 Å². The Kier molecular flexibility index (Phi) is 5.28. The van der Waals surface area contributed by atoms with Gasteiger partial charge in [-0.2, -0.15) is 5.26 Å². The topological polar surface area (TPSA) is 102 Å². The molecule has 0 aliphatic carbocycles. The molecule has 1 atom stereocenters. The fraction of sp³-hybridized carbons (Fsp3) is 0.200. The zero-order chi connectivity index (χ0) is 21.2. The number of nitrogens with one attached hydrogen (secondary N) is 2. The van der Waals surface area contributed by atoms with Crippen LogP contribution in [0.4, 0.5) is 19.3 Å². The maximum Gasteiger partial charge on any atom is 0.325 e. The number of nitrogens with zero attached hydrogens (tertiary/aromatic N) is 2. The Labute approximate surface area is 164 Å². The molecule has 0 spiro atoms. The van der Waals surface area contributed by atoms with Crippen LogP contribution in [0.2, 0.25) is 0 Å². The van der Waals surface area contributed by atoms with Gasteiger partial charge in [0.1, 0.15) is 12.1 Å².